The lowest BCUT2D eigenvalue weighted by atomic mass is 10.0. The molecule has 0 radical (unpaired) electrons. The van der Waals surface area contributed by atoms with E-state index in [4.69, 9.17) is 9.84 Å². The quantitative estimate of drug-likeness (QED) is 0.536. The Morgan fingerprint density at radius 2 is 1.60 bits per heavy atom. The SMILES string of the molecule is COc1ccc2cc(/C(C)=N\Nc3ccc(C(=O)O)cc3)ccc2c1. The van der Waals surface area contributed by atoms with Gasteiger partial charge in [-0.2, -0.15) is 5.10 Å². The Labute approximate surface area is 145 Å². The molecule has 5 heteroatoms. The molecular formula is C20H18N2O3. The number of aromatic carboxylic acids is 1. The van der Waals surface area contributed by atoms with Crippen LogP contribution in [0, 0.1) is 0 Å². The highest BCUT2D eigenvalue weighted by molar-refractivity contribution is 6.02. The summed E-state index contributed by atoms with van der Waals surface area (Å²) in [6, 6.07) is 18.5. The van der Waals surface area contributed by atoms with Gasteiger partial charge in [-0.05, 0) is 65.7 Å². The highest BCUT2D eigenvalue weighted by Gasteiger charge is 2.03. The number of carbonyl (C=O) groups is 1. The fourth-order valence-electron chi connectivity index (χ4n) is 2.48. The van der Waals surface area contributed by atoms with Gasteiger partial charge in [-0.15, -0.1) is 0 Å². The lowest BCUT2D eigenvalue weighted by Gasteiger charge is -2.07. The molecule has 0 amide bonds. The van der Waals surface area contributed by atoms with Crippen LogP contribution in [-0.4, -0.2) is 23.9 Å². The van der Waals surface area contributed by atoms with Crippen molar-refractivity contribution in [1.82, 2.24) is 0 Å². The van der Waals surface area contributed by atoms with Crippen LogP contribution in [0.2, 0.25) is 0 Å². The average molecular weight is 334 g/mol. The first-order valence-electron chi connectivity index (χ1n) is 7.78. The van der Waals surface area contributed by atoms with Gasteiger partial charge in [0, 0.05) is 0 Å². The van der Waals surface area contributed by atoms with Crippen LogP contribution < -0.4 is 10.2 Å². The number of carboxylic acid groups (broad SMARTS) is 1. The van der Waals surface area contributed by atoms with E-state index in [0.717, 1.165) is 33.5 Å². The van der Waals surface area contributed by atoms with E-state index in [1.807, 2.05) is 37.3 Å². The van der Waals surface area contributed by atoms with Crippen molar-refractivity contribution in [2.24, 2.45) is 5.10 Å². The third kappa shape index (κ3) is 3.77. The van der Waals surface area contributed by atoms with Crippen molar-refractivity contribution in [3.63, 3.8) is 0 Å². The van der Waals surface area contributed by atoms with Crippen LogP contribution in [0.4, 0.5) is 5.69 Å². The third-order valence-electron chi connectivity index (χ3n) is 3.95. The summed E-state index contributed by atoms with van der Waals surface area (Å²) in [7, 11) is 1.65. The second-order valence-electron chi connectivity index (χ2n) is 5.62. The molecule has 3 rings (SSSR count). The zero-order valence-electron chi connectivity index (χ0n) is 14.0. The van der Waals surface area contributed by atoms with Gasteiger partial charge in [0.2, 0.25) is 0 Å². The Morgan fingerprint density at radius 1 is 0.960 bits per heavy atom. The number of carboxylic acids is 1. The van der Waals surface area contributed by atoms with Crippen molar-refractivity contribution in [3.05, 3.63) is 71.8 Å². The molecule has 0 spiro atoms. The summed E-state index contributed by atoms with van der Waals surface area (Å²) in [5, 5.41) is 15.5. The van der Waals surface area contributed by atoms with Gasteiger partial charge in [0.1, 0.15) is 5.75 Å². The normalized spacial score (nSPS) is 11.4. The van der Waals surface area contributed by atoms with E-state index in [-0.39, 0.29) is 5.56 Å². The molecule has 3 aromatic carbocycles. The maximum Gasteiger partial charge on any atom is 0.335 e. The monoisotopic (exact) mass is 334 g/mol. The Morgan fingerprint density at radius 3 is 2.28 bits per heavy atom. The molecule has 0 fully saturated rings. The van der Waals surface area contributed by atoms with Crippen LogP contribution in [-0.2, 0) is 0 Å². The third-order valence-corrected chi connectivity index (χ3v) is 3.95. The van der Waals surface area contributed by atoms with Crippen molar-refractivity contribution >= 4 is 28.1 Å². The fourth-order valence-corrected chi connectivity index (χ4v) is 2.48. The maximum absolute atomic E-state index is 10.9. The van der Waals surface area contributed by atoms with Gasteiger partial charge in [0.25, 0.3) is 0 Å². The lowest BCUT2D eigenvalue weighted by Crippen LogP contribution is -2.00. The minimum Gasteiger partial charge on any atom is -0.497 e. The number of ether oxygens (including phenoxy) is 1. The molecule has 2 N–H and O–H groups in total. The van der Waals surface area contributed by atoms with Crippen LogP contribution in [0.15, 0.2) is 65.8 Å². The van der Waals surface area contributed by atoms with Crippen molar-refractivity contribution in [3.8, 4) is 5.75 Å². The van der Waals surface area contributed by atoms with E-state index in [0.29, 0.717) is 0 Å². The molecule has 0 heterocycles. The van der Waals surface area contributed by atoms with Gasteiger partial charge in [-0.25, -0.2) is 4.79 Å². The Kier molecular flexibility index (Phi) is 4.66. The molecule has 0 aromatic heterocycles. The largest absolute Gasteiger partial charge is 0.497 e. The van der Waals surface area contributed by atoms with E-state index in [9.17, 15) is 4.79 Å². The molecular weight excluding hydrogens is 316 g/mol. The highest BCUT2D eigenvalue weighted by atomic mass is 16.5. The van der Waals surface area contributed by atoms with Crippen LogP contribution >= 0.6 is 0 Å². The molecule has 0 aliphatic rings. The molecule has 0 atom stereocenters. The first-order valence-corrected chi connectivity index (χ1v) is 7.78. The molecule has 0 saturated carbocycles. The van der Waals surface area contributed by atoms with Crippen LogP contribution in [0.3, 0.4) is 0 Å². The van der Waals surface area contributed by atoms with Gasteiger partial charge < -0.3 is 9.84 Å². The zero-order valence-corrected chi connectivity index (χ0v) is 14.0. The molecule has 5 nitrogen and oxygen atoms in total. The Hall–Kier alpha value is -3.34. The number of hydrogen-bond acceptors (Lipinski definition) is 4. The van der Waals surface area contributed by atoms with E-state index in [1.165, 1.54) is 0 Å². The van der Waals surface area contributed by atoms with E-state index in [1.54, 1.807) is 31.4 Å². The molecule has 3 aromatic rings. The number of anilines is 1. The van der Waals surface area contributed by atoms with Crippen molar-refractivity contribution in [1.29, 1.82) is 0 Å². The number of benzene rings is 3. The minimum atomic E-state index is -0.945. The maximum atomic E-state index is 10.9. The Bertz CT molecular complexity index is 947. The number of hydrogen-bond donors (Lipinski definition) is 2. The summed E-state index contributed by atoms with van der Waals surface area (Å²) in [4.78, 5) is 10.9. The van der Waals surface area contributed by atoms with Crippen LogP contribution in [0.5, 0.6) is 5.75 Å². The fraction of sp³-hybridized carbons (Fsp3) is 0.100. The summed E-state index contributed by atoms with van der Waals surface area (Å²) in [5.74, 6) is -0.115. The lowest BCUT2D eigenvalue weighted by molar-refractivity contribution is 0.0697. The number of hydrazone groups is 1. The molecule has 0 saturated heterocycles. The van der Waals surface area contributed by atoms with Gasteiger partial charge in [0.05, 0.1) is 24.1 Å². The van der Waals surface area contributed by atoms with Crippen molar-refractivity contribution < 1.29 is 14.6 Å². The van der Waals surface area contributed by atoms with Crippen LogP contribution in [0.25, 0.3) is 10.8 Å². The molecule has 0 bridgehead atoms. The zero-order chi connectivity index (χ0) is 17.8. The Balaban J connectivity index is 1.79. The second-order valence-corrected chi connectivity index (χ2v) is 5.62. The summed E-state index contributed by atoms with van der Waals surface area (Å²) in [6.45, 7) is 1.92. The summed E-state index contributed by atoms with van der Waals surface area (Å²) in [5.41, 5.74) is 5.77. The first-order chi connectivity index (χ1) is 12.1. The number of rotatable bonds is 5. The number of nitrogens with zero attached hydrogens (tertiary/aromatic N) is 1. The second kappa shape index (κ2) is 7.05. The van der Waals surface area contributed by atoms with Gasteiger partial charge in [0.15, 0.2) is 0 Å². The van der Waals surface area contributed by atoms with Gasteiger partial charge >= 0.3 is 5.97 Å². The minimum absolute atomic E-state index is 0.246. The van der Waals surface area contributed by atoms with E-state index in [2.05, 4.69) is 16.6 Å². The number of nitrogens with one attached hydrogen (secondary N) is 1. The number of fused-ring (bicyclic) bond motifs is 1. The highest BCUT2D eigenvalue weighted by Crippen LogP contribution is 2.22. The summed E-state index contributed by atoms with van der Waals surface area (Å²) < 4.78 is 5.24. The predicted molar refractivity (Wildman–Crippen MR) is 99.7 cm³/mol. The predicted octanol–water partition coefficient (Wildman–Crippen LogP) is 4.38. The van der Waals surface area contributed by atoms with Gasteiger partial charge in [-0.1, -0.05) is 18.2 Å². The van der Waals surface area contributed by atoms with Crippen molar-refractivity contribution in [2.45, 2.75) is 6.92 Å². The molecule has 0 unspecified atom stereocenters. The average Bonchev–Trinajstić information content (AvgIpc) is 2.65. The van der Waals surface area contributed by atoms with Gasteiger partial charge in [-0.3, -0.25) is 5.43 Å². The summed E-state index contributed by atoms with van der Waals surface area (Å²) in [6.07, 6.45) is 0. The molecule has 25 heavy (non-hydrogen) atoms. The van der Waals surface area contributed by atoms with Crippen LogP contribution in [0.1, 0.15) is 22.8 Å². The van der Waals surface area contributed by atoms with E-state index < -0.39 is 5.97 Å². The van der Waals surface area contributed by atoms with E-state index >= 15 is 0 Å². The number of methoxy groups -OCH3 is 1. The smallest absolute Gasteiger partial charge is 0.335 e. The summed E-state index contributed by atoms with van der Waals surface area (Å²) >= 11 is 0. The molecule has 0 aliphatic heterocycles. The molecule has 126 valence electrons. The topological polar surface area (TPSA) is 70.9 Å². The van der Waals surface area contributed by atoms with Crippen molar-refractivity contribution in [2.75, 3.05) is 12.5 Å². The standard InChI is InChI=1S/C20H18N2O3/c1-13(21-22-18-8-5-14(6-9-18)20(23)24)15-3-4-17-12-19(25-2)10-7-16(17)11-15/h3-12,22H,1-2H3,(H,23,24)/b21-13-. The first kappa shape index (κ1) is 16.5. The molecule has 0 aliphatic carbocycles.